The van der Waals surface area contributed by atoms with E-state index < -0.39 is 5.41 Å². The van der Waals surface area contributed by atoms with Crippen molar-refractivity contribution in [2.75, 3.05) is 0 Å². The molecular formula is C20H25N3O. The lowest BCUT2D eigenvalue weighted by atomic mass is 9.82. The summed E-state index contributed by atoms with van der Waals surface area (Å²) in [6, 6.07) is 8.46. The first-order chi connectivity index (χ1) is 11.6. The molecule has 1 saturated carbocycles. The van der Waals surface area contributed by atoms with Gasteiger partial charge in [0.25, 0.3) is 0 Å². The van der Waals surface area contributed by atoms with Crippen LogP contribution in [0.4, 0.5) is 0 Å². The van der Waals surface area contributed by atoms with E-state index >= 15 is 0 Å². The van der Waals surface area contributed by atoms with Crippen LogP contribution in [0.3, 0.4) is 0 Å². The van der Waals surface area contributed by atoms with Gasteiger partial charge >= 0.3 is 0 Å². The molecule has 3 rings (SSSR count). The quantitative estimate of drug-likeness (QED) is 0.929. The molecule has 0 unspecified atom stereocenters. The zero-order valence-electron chi connectivity index (χ0n) is 14.5. The number of hydrogen-bond acceptors (Lipinski definition) is 3. The van der Waals surface area contributed by atoms with E-state index in [2.05, 4.69) is 15.3 Å². The number of nitrogens with one attached hydrogen (secondary N) is 1. The smallest absolute Gasteiger partial charge is 0.230 e. The van der Waals surface area contributed by atoms with Crippen LogP contribution in [0.5, 0.6) is 0 Å². The molecule has 1 N–H and O–H groups in total. The number of rotatable bonds is 4. The zero-order valence-corrected chi connectivity index (χ0v) is 14.5. The van der Waals surface area contributed by atoms with Gasteiger partial charge in [-0.15, -0.1) is 0 Å². The minimum Gasteiger partial charge on any atom is -0.353 e. The molecule has 1 aromatic carbocycles. The van der Waals surface area contributed by atoms with E-state index in [0.717, 1.165) is 29.5 Å². The van der Waals surface area contributed by atoms with Crippen LogP contribution in [0, 0.1) is 0 Å². The maximum atomic E-state index is 12.8. The van der Waals surface area contributed by atoms with E-state index in [1.807, 2.05) is 38.1 Å². The molecule has 1 aliphatic rings. The van der Waals surface area contributed by atoms with Gasteiger partial charge in [-0.1, -0.05) is 43.5 Å². The number of aromatic nitrogens is 2. The molecule has 0 atom stereocenters. The Labute approximate surface area is 143 Å². The average Bonchev–Trinajstić information content (AvgIpc) is 2.63. The number of hydrogen-bond donors (Lipinski definition) is 1. The summed E-state index contributed by atoms with van der Waals surface area (Å²) in [5.41, 5.74) is 2.52. The largest absolute Gasteiger partial charge is 0.353 e. The molecule has 4 heteroatoms. The Kier molecular flexibility index (Phi) is 4.93. The minimum atomic E-state index is -0.539. The normalized spacial score (nSPS) is 15.9. The van der Waals surface area contributed by atoms with Gasteiger partial charge < -0.3 is 5.32 Å². The van der Waals surface area contributed by atoms with Crippen molar-refractivity contribution >= 4 is 5.91 Å². The summed E-state index contributed by atoms with van der Waals surface area (Å²) in [4.78, 5) is 20.9. The lowest BCUT2D eigenvalue weighted by Crippen LogP contribution is -2.45. The van der Waals surface area contributed by atoms with E-state index in [-0.39, 0.29) is 5.91 Å². The third-order valence-electron chi connectivity index (χ3n) is 5.01. The summed E-state index contributed by atoms with van der Waals surface area (Å²) < 4.78 is 0. The number of amides is 1. The van der Waals surface area contributed by atoms with Crippen molar-refractivity contribution in [2.24, 2.45) is 0 Å². The second-order valence-corrected chi connectivity index (χ2v) is 7.14. The molecule has 0 saturated heterocycles. The van der Waals surface area contributed by atoms with Crippen LogP contribution >= 0.6 is 0 Å². The van der Waals surface area contributed by atoms with Crippen molar-refractivity contribution in [3.05, 3.63) is 48.5 Å². The number of carbonyl (C=O) groups is 1. The molecule has 1 aromatic heterocycles. The van der Waals surface area contributed by atoms with Crippen LogP contribution in [0.15, 0.2) is 43.0 Å². The third-order valence-corrected chi connectivity index (χ3v) is 5.01. The van der Waals surface area contributed by atoms with E-state index in [9.17, 15) is 4.79 Å². The van der Waals surface area contributed by atoms with Crippen molar-refractivity contribution in [3.8, 4) is 11.1 Å². The van der Waals surface area contributed by atoms with E-state index in [4.69, 9.17) is 0 Å². The first kappa shape index (κ1) is 16.6. The number of benzene rings is 1. The van der Waals surface area contributed by atoms with Crippen molar-refractivity contribution in [1.82, 2.24) is 15.3 Å². The second-order valence-electron chi connectivity index (χ2n) is 7.14. The lowest BCUT2D eigenvalue weighted by molar-refractivity contribution is -0.126. The SMILES string of the molecule is CC(C)(C(=O)NC1CCCCC1)c1ccc(-c2cncnc2)cc1. The van der Waals surface area contributed by atoms with Gasteiger partial charge in [-0.05, 0) is 37.8 Å². The van der Waals surface area contributed by atoms with Gasteiger partial charge in [0.05, 0.1) is 5.41 Å². The Morgan fingerprint density at radius 2 is 1.62 bits per heavy atom. The Bertz CT molecular complexity index is 674. The standard InChI is InChI=1S/C20H25N3O/c1-20(2,19(24)23-18-6-4-3-5-7-18)17-10-8-15(9-11-17)16-12-21-14-22-13-16/h8-14,18H,3-7H2,1-2H3,(H,23,24). The molecule has 0 bridgehead atoms. The fraction of sp³-hybridized carbons (Fsp3) is 0.450. The van der Waals surface area contributed by atoms with Gasteiger partial charge in [0.15, 0.2) is 0 Å². The topological polar surface area (TPSA) is 54.9 Å². The molecule has 0 spiro atoms. The van der Waals surface area contributed by atoms with Crippen LogP contribution in [-0.2, 0) is 10.2 Å². The molecule has 24 heavy (non-hydrogen) atoms. The summed E-state index contributed by atoms with van der Waals surface area (Å²) in [6.07, 6.45) is 11.1. The van der Waals surface area contributed by atoms with Crippen LogP contribution < -0.4 is 5.32 Å². The first-order valence-electron chi connectivity index (χ1n) is 8.74. The molecule has 0 radical (unpaired) electrons. The van der Waals surface area contributed by atoms with Crippen molar-refractivity contribution < 1.29 is 4.79 Å². The highest BCUT2D eigenvalue weighted by molar-refractivity contribution is 5.87. The minimum absolute atomic E-state index is 0.116. The van der Waals surface area contributed by atoms with Gasteiger partial charge in [-0.25, -0.2) is 9.97 Å². The monoisotopic (exact) mass is 323 g/mol. The van der Waals surface area contributed by atoms with E-state index in [1.54, 1.807) is 12.4 Å². The van der Waals surface area contributed by atoms with Crippen LogP contribution in [0.25, 0.3) is 11.1 Å². The molecule has 1 aliphatic carbocycles. The van der Waals surface area contributed by atoms with Crippen molar-refractivity contribution in [1.29, 1.82) is 0 Å². The molecule has 4 nitrogen and oxygen atoms in total. The van der Waals surface area contributed by atoms with Gasteiger partial charge in [0.1, 0.15) is 6.33 Å². The third kappa shape index (κ3) is 3.64. The molecule has 126 valence electrons. The van der Waals surface area contributed by atoms with Crippen LogP contribution in [-0.4, -0.2) is 21.9 Å². The van der Waals surface area contributed by atoms with E-state index in [0.29, 0.717) is 6.04 Å². The maximum Gasteiger partial charge on any atom is 0.230 e. The number of nitrogens with zero attached hydrogens (tertiary/aromatic N) is 2. The van der Waals surface area contributed by atoms with Gasteiger partial charge in [0.2, 0.25) is 5.91 Å². The van der Waals surface area contributed by atoms with Crippen molar-refractivity contribution in [2.45, 2.75) is 57.4 Å². The van der Waals surface area contributed by atoms with E-state index in [1.165, 1.54) is 25.6 Å². The summed E-state index contributed by atoms with van der Waals surface area (Å²) in [6.45, 7) is 3.98. The van der Waals surface area contributed by atoms with Gasteiger partial charge in [-0.3, -0.25) is 4.79 Å². The predicted octanol–water partition coefficient (Wildman–Crippen LogP) is 3.87. The van der Waals surface area contributed by atoms with Crippen LogP contribution in [0.1, 0.15) is 51.5 Å². The second kappa shape index (κ2) is 7.12. The average molecular weight is 323 g/mol. The summed E-state index contributed by atoms with van der Waals surface area (Å²) in [5, 5.41) is 3.24. The van der Waals surface area contributed by atoms with Gasteiger partial charge in [0, 0.05) is 24.0 Å². The molecule has 2 aromatic rings. The Morgan fingerprint density at radius 1 is 1.00 bits per heavy atom. The van der Waals surface area contributed by atoms with Crippen molar-refractivity contribution in [3.63, 3.8) is 0 Å². The molecule has 1 heterocycles. The highest BCUT2D eigenvalue weighted by atomic mass is 16.2. The summed E-state index contributed by atoms with van der Waals surface area (Å²) in [7, 11) is 0. The summed E-state index contributed by atoms with van der Waals surface area (Å²) in [5.74, 6) is 0.116. The maximum absolute atomic E-state index is 12.8. The highest BCUT2D eigenvalue weighted by Crippen LogP contribution is 2.27. The highest BCUT2D eigenvalue weighted by Gasteiger charge is 2.31. The summed E-state index contributed by atoms with van der Waals surface area (Å²) >= 11 is 0. The Morgan fingerprint density at radius 3 is 2.25 bits per heavy atom. The molecule has 0 aliphatic heterocycles. The number of carbonyl (C=O) groups excluding carboxylic acids is 1. The fourth-order valence-corrected chi connectivity index (χ4v) is 3.27. The fourth-order valence-electron chi connectivity index (χ4n) is 3.27. The molecule has 1 amide bonds. The Balaban J connectivity index is 1.72. The predicted molar refractivity (Wildman–Crippen MR) is 95.5 cm³/mol. The van der Waals surface area contributed by atoms with Gasteiger partial charge in [-0.2, -0.15) is 0 Å². The molecule has 1 fully saturated rings. The lowest BCUT2D eigenvalue weighted by Gasteiger charge is -2.29. The van der Waals surface area contributed by atoms with Crippen LogP contribution in [0.2, 0.25) is 0 Å². The molecular weight excluding hydrogens is 298 g/mol. The first-order valence-corrected chi connectivity index (χ1v) is 8.74. The Hall–Kier alpha value is -2.23. The zero-order chi connectivity index (χ0) is 17.0.